The van der Waals surface area contributed by atoms with Crippen molar-refractivity contribution in [3.63, 3.8) is 0 Å². The summed E-state index contributed by atoms with van der Waals surface area (Å²) in [6, 6.07) is 15.7. The van der Waals surface area contributed by atoms with Crippen molar-refractivity contribution >= 4 is 11.6 Å². The van der Waals surface area contributed by atoms with Crippen LogP contribution in [-0.4, -0.2) is 35.3 Å². The lowest BCUT2D eigenvalue weighted by Crippen LogP contribution is -2.13. The summed E-state index contributed by atoms with van der Waals surface area (Å²) in [5, 5.41) is 6.92. The number of carbonyl (C=O) groups excluding carboxylic acids is 1. The fourth-order valence-corrected chi connectivity index (χ4v) is 2.86. The smallest absolute Gasteiger partial charge is 0.260 e. The Balaban J connectivity index is 1.63. The number of hydrogen-bond acceptors (Lipinski definition) is 7. The Labute approximate surface area is 172 Å². The summed E-state index contributed by atoms with van der Waals surface area (Å²) in [6.45, 7) is 0. The standard InChI is InChI=1S/C22H18N4O4/c1-28-16-11-15(12-17(13-16)29-2)21(27)24-19-6-4-3-5-18(19)22-25-20(26-30-22)14-7-9-23-10-8-14/h3-13H,1-2H3,(H,24,27). The molecule has 2 aromatic heterocycles. The fourth-order valence-electron chi connectivity index (χ4n) is 2.86. The van der Waals surface area contributed by atoms with Gasteiger partial charge in [0.1, 0.15) is 11.5 Å². The van der Waals surface area contributed by atoms with Crippen molar-refractivity contribution in [3.8, 4) is 34.3 Å². The average molecular weight is 402 g/mol. The summed E-state index contributed by atoms with van der Waals surface area (Å²) < 4.78 is 15.9. The lowest BCUT2D eigenvalue weighted by molar-refractivity contribution is 0.102. The van der Waals surface area contributed by atoms with E-state index in [9.17, 15) is 4.79 Å². The zero-order chi connectivity index (χ0) is 20.9. The topological polar surface area (TPSA) is 99.4 Å². The third-order valence-corrected chi connectivity index (χ3v) is 4.38. The molecule has 0 unspecified atom stereocenters. The van der Waals surface area contributed by atoms with Crippen molar-refractivity contribution in [3.05, 3.63) is 72.6 Å². The quantitative estimate of drug-likeness (QED) is 0.519. The SMILES string of the molecule is COc1cc(OC)cc(C(=O)Nc2ccccc2-c2nc(-c3ccncc3)no2)c1. The monoisotopic (exact) mass is 402 g/mol. The maximum Gasteiger partial charge on any atom is 0.260 e. The molecule has 0 aliphatic carbocycles. The van der Waals surface area contributed by atoms with E-state index in [1.165, 1.54) is 14.2 Å². The predicted octanol–water partition coefficient (Wildman–Crippen LogP) is 4.07. The van der Waals surface area contributed by atoms with Gasteiger partial charge in [-0.05, 0) is 36.4 Å². The Kier molecular flexibility index (Phi) is 5.38. The second-order valence-electron chi connectivity index (χ2n) is 6.26. The van der Waals surface area contributed by atoms with E-state index in [0.29, 0.717) is 40.0 Å². The van der Waals surface area contributed by atoms with Crippen LogP contribution >= 0.6 is 0 Å². The molecule has 2 aromatic carbocycles. The summed E-state index contributed by atoms with van der Waals surface area (Å²) in [4.78, 5) is 21.3. The lowest BCUT2D eigenvalue weighted by Gasteiger charge is -2.11. The number of benzene rings is 2. The zero-order valence-electron chi connectivity index (χ0n) is 16.3. The number of para-hydroxylation sites is 1. The van der Waals surface area contributed by atoms with Gasteiger partial charge in [0, 0.05) is 29.6 Å². The van der Waals surface area contributed by atoms with Gasteiger partial charge in [-0.25, -0.2) is 0 Å². The van der Waals surface area contributed by atoms with Crippen LogP contribution in [-0.2, 0) is 0 Å². The van der Waals surface area contributed by atoms with E-state index in [0.717, 1.165) is 5.56 Å². The molecule has 30 heavy (non-hydrogen) atoms. The second kappa shape index (κ2) is 8.44. The number of amides is 1. The number of carbonyl (C=O) groups is 1. The Hall–Kier alpha value is -4.20. The molecule has 0 atom stereocenters. The first-order valence-corrected chi connectivity index (χ1v) is 9.06. The minimum absolute atomic E-state index is 0.293. The molecule has 4 aromatic rings. The summed E-state index contributed by atoms with van der Waals surface area (Å²) >= 11 is 0. The van der Waals surface area contributed by atoms with Crippen LogP contribution in [0.25, 0.3) is 22.8 Å². The third kappa shape index (κ3) is 3.97. The molecular weight excluding hydrogens is 384 g/mol. The van der Waals surface area contributed by atoms with Crippen LogP contribution in [0.2, 0.25) is 0 Å². The molecule has 8 nitrogen and oxygen atoms in total. The van der Waals surface area contributed by atoms with Gasteiger partial charge in [-0.3, -0.25) is 9.78 Å². The number of nitrogens with one attached hydrogen (secondary N) is 1. The van der Waals surface area contributed by atoms with Crippen molar-refractivity contribution < 1.29 is 18.8 Å². The van der Waals surface area contributed by atoms with Crippen LogP contribution in [0, 0.1) is 0 Å². The molecule has 8 heteroatoms. The van der Waals surface area contributed by atoms with Gasteiger partial charge >= 0.3 is 0 Å². The summed E-state index contributed by atoms with van der Waals surface area (Å²) in [5.41, 5.74) is 2.32. The van der Waals surface area contributed by atoms with Gasteiger partial charge < -0.3 is 19.3 Å². The third-order valence-electron chi connectivity index (χ3n) is 4.38. The normalized spacial score (nSPS) is 10.5. The lowest BCUT2D eigenvalue weighted by atomic mass is 10.1. The number of aromatic nitrogens is 3. The highest BCUT2D eigenvalue weighted by molar-refractivity contribution is 6.06. The Morgan fingerprint density at radius 1 is 0.967 bits per heavy atom. The molecule has 0 fully saturated rings. The van der Waals surface area contributed by atoms with Gasteiger partial charge in [-0.1, -0.05) is 17.3 Å². The van der Waals surface area contributed by atoms with E-state index in [2.05, 4.69) is 20.4 Å². The van der Waals surface area contributed by atoms with Crippen molar-refractivity contribution in [2.75, 3.05) is 19.5 Å². The van der Waals surface area contributed by atoms with Crippen LogP contribution in [0.15, 0.2) is 71.5 Å². The van der Waals surface area contributed by atoms with Gasteiger partial charge in [-0.15, -0.1) is 0 Å². The molecule has 0 aliphatic heterocycles. The van der Waals surface area contributed by atoms with E-state index in [4.69, 9.17) is 14.0 Å². The highest BCUT2D eigenvalue weighted by Gasteiger charge is 2.17. The van der Waals surface area contributed by atoms with Crippen molar-refractivity contribution in [1.82, 2.24) is 15.1 Å². The van der Waals surface area contributed by atoms with E-state index >= 15 is 0 Å². The van der Waals surface area contributed by atoms with Gasteiger partial charge in [0.15, 0.2) is 0 Å². The molecule has 0 saturated heterocycles. The molecule has 1 N–H and O–H groups in total. The first-order valence-electron chi connectivity index (χ1n) is 9.06. The molecule has 0 spiro atoms. The largest absolute Gasteiger partial charge is 0.497 e. The molecule has 1 amide bonds. The summed E-state index contributed by atoms with van der Waals surface area (Å²) in [6.07, 6.45) is 3.31. The van der Waals surface area contributed by atoms with E-state index in [-0.39, 0.29) is 5.91 Å². The number of rotatable bonds is 6. The molecule has 0 aliphatic rings. The predicted molar refractivity (Wildman–Crippen MR) is 110 cm³/mol. The molecule has 0 saturated carbocycles. The zero-order valence-corrected chi connectivity index (χ0v) is 16.3. The molecule has 4 rings (SSSR count). The second-order valence-corrected chi connectivity index (χ2v) is 6.26. The van der Waals surface area contributed by atoms with Gasteiger partial charge in [0.05, 0.1) is 25.5 Å². The molecule has 2 heterocycles. The van der Waals surface area contributed by atoms with Crippen LogP contribution in [0.5, 0.6) is 11.5 Å². The highest BCUT2D eigenvalue weighted by Crippen LogP contribution is 2.29. The summed E-state index contributed by atoms with van der Waals surface area (Å²) in [7, 11) is 3.06. The maximum atomic E-state index is 12.9. The molecule has 0 radical (unpaired) electrons. The van der Waals surface area contributed by atoms with Crippen LogP contribution in [0.1, 0.15) is 10.4 Å². The molecular formula is C22H18N4O4. The number of nitrogens with zero attached hydrogens (tertiary/aromatic N) is 3. The van der Waals surface area contributed by atoms with Gasteiger partial charge in [0.25, 0.3) is 11.8 Å². The molecule has 150 valence electrons. The average Bonchev–Trinajstić information content (AvgIpc) is 3.29. The first-order chi connectivity index (χ1) is 14.7. The van der Waals surface area contributed by atoms with Gasteiger partial charge in [0.2, 0.25) is 5.82 Å². The van der Waals surface area contributed by atoms with Crippen LogP contribution in [0.4, 0.5) is 5.69 Å². The Bertz CT molecular complexity index is 1150. The maximum absolute atomic E-state index is 12.9. The van der Waals surface area contributed by atoms with Crippen molar-refractivity contribution in [2.24, 2.45) is 0 Å². The van der Waals surface area contributed by atoms with Crippen molar-refractivity contribution in [2.45, 2.75) is 0 Å². The highest BCUT2D eigenvalue weighted by atomic mass is 16.5. The van der Waals surface area contributed by atoms with E-state index in [1.54, 1.807) is 54.9 Å². The summed E-state index contributed by atoms with van der Waals surface area (Å²) in [5.74, 6) is 1.44. The number of hydrogen-bond donors (Lipinski definition) is 1. The van der Waals surface area contributed by atoms with Crippen LogP contribution < -0.4 is 14.8 Å². The van der Waals surface area contributed by atoms with E-state index in [1.807, 2.05) is 12.1 Å². The molecule has 0 bridgehead atoms. The van der Waals surface area contributed by atoms with Crippen LogP contribution in [0.3, 0.4) is 0 Å². The minimum atomic E-state index is -0.325. The minimum Gasteiger partial charge on any atom is -0.497 e. The van der Waals surface area contributed by atoms with E-state index < -0.39 is 0 Å². The number of methoxy groups -OCH3 is 2. The Morgan fingerprint density at radius 3 is 2.37 bits per heavy atom. The number of anilines is 1. The Morgan fingerprint density at radius 2 is 1.67 bits per heavy atom. The van der Waals surface area contributed by atoms with Gasteiger partial charge in [-0.2, -0.15) is 4.98 Å². The first kappa shape index (κ1) is 19.1. The fraction of sp³-hybridized carbons (Fsp3) is 0.0909. The number of ether oxygens (including phenoxy) is 2. The number of pyridine rings is 1. The van der Waals surface area contributed by atoms with Crippen molar-refractivity contribution in [1.29, 1.82) is 0 Å².